The fourth-order valence-corrected chi connectivity index (χ4v) is 2.16. The molecule has 0 radical (unpaired) electrons. The summed E-state index contributed by atoms with van der Waals surface area (Å²) in [7, 11) is 0. The van der Waals surface area contributed by atoms with Crippen molar-refractivity contribution in [1.29, 1.82) is 0 Å². The Morgan fingerprint density at radius 1 is 1.10 bits per heavy atom. The first-order valence-electron chi connectivity index (χ1n) is 6.68. The molecule has 0 aliphatic rings. The molecule has 0 aliphatic carbocycles. The van der Waals surface area contributed by atoms with Crippen molar-refractivity contribution in [2.24, 2.45) is 0 Å². The van der Waals surface area contributed by atoms with E-state index in [4.69, 9.17) is 4.74 Å². The quantitative estimate of drug-likeness (QED) is 0.268. The molecule has 0 N–H and O–H groups in total. The number of hydrogen-bond donors (Lipinski definition) is 0. The summed E-state index contributed by atoms with van der Waals surface area (Å²) in [6.07, 6.45) is 1.10. The van der Waals surface area contributed by atoms with Crippen LogP contribution in [0.3, 0.4) is 0 Å². The number of rotatable bonds is 10. The smallest absolute Gasteiger partial charge is 0.333 e. The summed E-state index contributed by atoms with van der Waals surface area (Å²) in [4.78, 5) is 34.0. The van der Waals surface area contributed by atoms with Crippen LogP contribution in [0.15, 0.2) is 24.3 Å². The zero-order chi connectivity index (χ0) is 16.4. The molecule has 0 fully saturated rings. The Morgan fingerprint density at radius 2 is 1.71 bits per heavy atom. The summed E-state index contributed by atoms with van der Waals surface area (Å²) in [6, 6.07) is 0. The Morgan fingerprint density at radius 3 is 2.19 bits per heavy atom. The SMILES string of the molecule is C=C(C)C(=O)CCCSN(CCOC(=O)C(=C)C)C(C)=O. The normalized spacial score (nSPS) is 9.86. The third kappa shape index (κ3) is 9.07. The van der Waals surface area contributed by atoms with Crippen LogP contribution in [0.4, 0.5) is 0 Å². The van der Waals surface area contributed by atoms with Gasteiger partial charge in [-0.3, -0.25) is 13.9 Å². The van der Waals surface area contributed by atoms with Gasteiger partial charge < -0.3 is 4.74 Å². The van der Waals surface area contributed by atoms with Crippen molar-refractivity contribution in [3.63, 3.8) is 0 Å². The molecule has 0 aromatic rings. The zero-order valence-corrected chi connectivity index (χ0v) is 13.8. The summed E-state index contributed by atoms with van der Waals surface area (Å²) in [5.41, 5.74) is 0.880. The standard InChI is InChI=1S/C15H23NO4S/c1-11(2)14(18)7-6-10-21-16(13(5)17)8-9-20-15(19)12(3)4/h1,3,6-10H2,2,4-5H3. The molecule has 6 heteroatoms. The third-order valence-electron chi connectivity index (χ3n) is 2.50. The lowest BCUT2D eigenvalue weighted by atomic mass is 10.1. The van der Waals surface area contributed by atoms with Crippen molar-refractivity contribution in [3.05, 3.63) is 24.3 Å². The lowest BCUT2D eigenvalue weighted by Gasteiger charge is -2.19. The predicted molar refractivity (Wildman–Crippen MR) is 84.7 cm³/mol. The molecular weight excluding hydrogens is 290 g/mol. The summed E-state index contributed by atoms with van der Waals surface area (Å²) >= 11 is 1.33. The number of ether oxygens (including phenoxy) is 1. The van der Waals surface area contributed by atoms with Gasteiger partial charge in [0.2, 0.25) is 5.91 Å². The van der Waals surface area contributed by atoms with Crippen LogP contribution in [0.2, 0.25) is 0 Å². The number of carbonyl (C=O) groups excluding carboxylic acids is 3. The molecule has 1 amide bonds. The molecule has 0 aromatic heterocycles. The van der Waals surface area contributed by atoms with Crippen LogP contribution >= 0.6 is 11.9 Å². The van der Waals surface area contributed by atoms with E-state index in [1.165, 1.54) is 23.2 Å². The highest BCUT2D eigenvalue weighted by molar-refractivity contribution is 7.97. The molecule has 0 aromatic carbocycles. The molecule has 0 bridgehead atoms. The van der Waals surface area contributed by atoms with E-state index < -0.39 is 5.97 Å². The van der Waals surface area contributed by atoms with Gasteiger partial charge in [-0.25, -0.2) is 4.79 Å². The second-order valence-electron chi connectivity index (χ2n) is 4.68. The second-order valence-corrected chi connectivity index (χ2v) is 5.78. The number of amides is 1. The maximum Gasteiger partial charge on any atom is 0.333 e. The van der Waals surface area contributed by atoms with E-state index >= 15 is 0 Å². The predicted octanol–water partition coefficient (Wildman–Crippen LogP) is 2.53. The summed E-state index contributed by atoms with van der Waals surface area (Å²) in [6.45, 7) is 12.2. The second kappa shape index (κ2) is 10.2. The van der Waals surface area contributed by atoms with Gasteiger partial charge in [0, 0.05) is 24.7 Å². The molecule has 0 spiro atoms. The molecular formula is C15H23NO4S. The molecule has 0 rings (SSSR count). The van der Waals surface area contributed by atoms with Gasteiger partial charge in [0.25, 0.3) is 0 Å². The molecule has 0 saturated carbocycles. The molecule has 5 nitrogen and oxygen atoms in total. The molecule has 0 atom stereocenters. The van der Waals surface area contributed by atoms with Gasteiger partial charge in [-0.05, 0) is 37.8 Å². The van der Waals surface area contributed by atoms with Crippen molar-refractivity contribution < 1.29 is 19.1 Å². The first-order valence-corrected chi connectivity index (χ1v) is 7.62. The number of ketones is 1. The highest BCUT2D eigenvalue weighted by Gasteiger charge is 2.11. The number of hydrogen-bond acceptors (Lipinski definition) is 5. The fraction of sp³-hybridized carbons (Fsp3) is 0.533. The van der Waals surface area contributed by atoms with E-state index in [1.54, 1.807) is 13.8 Å². The number of carbonyl (C=O) groups is 3. The van der Waals surface area contributed by atoms with Crippen molar-refractivity contribution in [2.75, 3.05) is 18.9 Å². The van der Waals surface area contributed by atoms with E-state index in [2.05, 4.69) is 13.2 Å². The maximum atomic E-state index is 11.5. The third-order valence-corrected chi connectivity index (χ3v) is 3.72. The number of esters is 1. The molecule has 0 heterocycles. The summed E-state index contributed by atoms with van der Waals surface area (Å²) in [5.74, 6) is 0.112. The van der Waals surface area contributed by atoms with Crippen LogP contribution in [-0.4, -0.2) is 40.9 Å². The highest BCUT2D eigenvalue weighted by Crippen LogP contribution is 2.13. The minimum Gasteiger partial charge on any atom is -0.460 e. The largest absolute Gasteiger partial charge is 0.460 e. The first-order chi connectivity index (χ1) is 9.75. The van der Waals surface area contributed by atoms with Crippen molar-refractivity contribution in [3.8, 4) is 0 Å². The Kier molecular flexibility index (Phi) is 9.45. The van der Waals surface area contributed by atoms with E-state index in [0.717, 1.165) is 0 Å². The Labute approximate surface area is 130 Å². The Bertz CT molecular complexity index is 431. The molecule has 0 aliphatic heterocycles. The first kappa shape index (κ1) is 19.4. The Balaban J connectivity index is 4.01. The van der Waals surface area contributed by atoms with Crippen LogP contribution in [0.1, 0.15) is 33.6 Å². The number of nitrogens with zero attached hydrogens (tertiary/aromatic N) is 1. The van der Waals surface area contributed by atoms with Crippen LogP contribution in [0.5, 0.6) is 0 Å². The minimum absolute atomic E-state index is 0.0420. The fourth-order valence-electron chi connectivity index (χ4n) is 1.28. The van der Waals surface area contributed by atoms with Crippen molar-refractivity contribution in [1.82, 2.24) is 4.31 Å². The van der Waals surface area contributed by atoms with E-state index in [0.29, 0.717) is 36.3 Å². The van der Waals surface area contributed by atoms with Crippen molar-refractivity contribution in [2.45, 2.75) is 33.6 Å². The van der Waals surface area contributed by atoms with Gasteiger partial charge in [-0.15, -0.1) is 0 Å². The van der Waals surface area contributed by atoms with E-state index in [1.807, 2.05) is 0 Å². The van der Waals surface area contributed by atoms with Crippen LogP contribution < -0.4 is 0 Å². The van der Waals surface area contributed by atoms with Crippen LogP contribution in [0, 0.1) is 0 Å². The topological polar surface area (TPSA) is 63.7 Å². The van der Waals surface area contributed by atoms with Gasteiger partial charge in [-0.2, -0.15) is 0 Å². The number of allylic oxidation sites excluding steroid dienone is 1. The zero-order valence-electron chi connectivity index (χ0n) is 12.9. The Hall–Kier alpha value is -1.56. The molecule has 118 valence electrons. The van der Waals surface area contributed by atoms with E-state index in [-0.39, 0.29) is 18.3 Å². The van der Waals surface area contributed by atoms with Gasteiger partial charge in [-0.1, -0.05) is 13.2 Å². The monoisotopic (exact) mass is 313 g/mol. The van der Waals surface area contributed by atoms with Gasteiger partial charge in [0.05, 0.1) is 6.54 Å². The lowest BCUT2D eigenvalue weighted by molar-refractivity contribution is -0.140. The molecule has 0 unspecified atom stereocenters. The molecule has 0 saturated heterocycles. The lowest BCUT2D eigenvalue weighted by Crippen LogP contribution is -2.27. The van der Waals surface area contributed by atoms with Gasteiger partial charge >= 0.3 is 5.97 Å². The van der Waals surface area contributed by atoms with Crippen molar-refractivity contribution >= 4 is 29.6 Å². The number of Topliss-reactive ketones (excluding diaryl/α,β-unsaturated/α-hetero) is 1. The highest BCUT2D eigenvalue weighted by atomic mass is 32.2. The average molecular weight is 313 g/mol. The summed E-state index contributed by atoms with van der Waals surface area (Å²) < 4.78 is 6.47. The average Bonchev–Trinajstić information content (AvgIpc) is 2.40. The van der Waals surface area contributed by atoms with Gasteiger partial charge in [0.1, 0.15) is 6.61 Å². The molecule has 21 heavy (non-hydrogen) atoms. The van der Waals surface area contributed by atoms with Crippen LogP contribution in [-0.2, 0) is 19.1 Å². The summed E-state index contributed by atoms with van der Waals surface area (Å²) in [5, 5.41) is 0. The minimum atomic E-state index is -0.462. The maximum absolute atomic E-state index is 11.5. The van der Waals surface area contributed by atoms with Gasteiger partial charge in [0.15, 0.2) is 5.78 Å². The van der Waals surface area contributed by atoms with Crippen LogP contribution in [0.25, 0.3) is 0 Å². The van der Waals surface area contributed by atoms with E-state index in [9.17, 15) is 14.4 Å².